The monoisotopic (exact) mass is 527 g/mol. The molecule has 0 spiro atoms. The molecule has 3 aromatic rings. The number of ether oxygens (including phenoxy) is 3. The summed E-state index contributed by atoms with van der Waals surface area (Å²) in [5, 5.41) is 10.2. The smallest absolute Gasteiger partial charge is 0.355 e. The normalized spacial score (nSPS) is 14.9. The minimum atomic E-state index is -1.06. The molecule has 196 valence electrons. The number of carbonyl (C=O) groups excluding carboxylic acids is 3. The van der Waals surface area contributed by atoms with Crippen LogP contribution in [0.1, 0.15) is 21.8 Å². The summed E-state index contributed by atoms with van der Waals surface area (Å²) in [6.07, 6.45) is 0. The minimum Gasteiger partial charge on any atom is -0.466 e. The summed E-state index contributed by atoms with van der Waals surface area (Å²) in [6, 6.07) is 21.4. The van der Waals surface area contributed by atoms with Crippen LogP contribution in [-0.2, 0) is 19.1 Å². The SMILES string of the molecule is COC(=O)C1=C(C(=O)OC)N(c2ccccc2C(=O)Oc2ccc(F)cc2)C(N)=C(C#N)C1c1ccccc1. The van der Waals surface area contributed by atoms with Crippen LogP contribution in [0.5, 0.6) is 5.75 Å². The largest absolute Gasteiger partial charge is 0.466 e. The number of rotatable bonds is 6. The molecular weight excluding hydrogens is 505 g/mol. The zero-order chi connectivity index (χ0) is 28.1. The molecule has 4 rings (SSSR count). The molecule has 1 aliphatic rings. The maximum Gasteiger partial charge on any atom is 0.355 e. The molecule has 0 bridgehead atoms. The van der Waals surface area contributed by atoms with Crippen molar-refractivity contribution in [3.05, 3.63) is 118 Å². The molecule has 10 heteroatoms. The molecule has 1 aliphatic heterocycles. The third-order valence-corrected chi connectivity index (χ3v) is 6.00. The zero-order valence-electron chi connectivity index (χ0n) is 20.9. The van der Waals surface area contributed by atoms with Gasteiger partial charge in [-0.3, -0.25) is 4.90 Å². The topological polar surface area (TPSA) is 132 Å². The van der Waals surface area contributed by atoms with E-state index in [1.807, 2.05) is 6.07 Å². The predicted molar refractivity (Wildman–Crippen MR) is 137 cm³/mol. The van der Waals surface area contributed by atoms with E-state index in [-0.39, 0.29) is 39.7 Å². The number of hydrogen-bond donors (Lipinski definition) is 1. The Morgan fingerprint density at radius 1 is 0.872 bits per heavy atom. The number of methoxy groups -OCH3 is 2. The molecule has 1 unspecified atom stereocenters. The van der Waals surface area contributed by atoms with Gasteiger partial charge in [0.05, 0.1) is 48.6 Å². The molecule has 0 amide bonds. The zero-order valence-corrected chi connectivity index (χ0v) is 20.9. The molecule has 0 aliphatic carbocycles. The van der Waals surface area contributed by atoms with Crippen molar-refractivity contribution in [2.45, 2.75) is 5.92 Å². The van der Waals surface area contributed by atoms with Crippen molar-refractivity contribution >= 4 is 23.6 Å². The Balaban J connectivity index is 1.97. The lowest BCUT2D eigenvalue weighted by Gasteiger charge is -2.36. The van der Waals surface area contributed by atoms with Gasteiger partial charge in [-0.2, -0.15) is 5.26 Å². The Bertz CT molecular complexity index is 1540. The van der Waals surface area contributed by atoms with Crippen molar-refractivity contribution in [1.29, 1.82) is 5.26 Å². The highest BCUT2D eigenvalue weighted by Crippen LogP contribution is 2.44. The van der Waals surface area contributed by atoms with Gasteiger partial charge in [0.25, 0.3) is 0 Å². The van der Waals surface area contributed by atoms with Crippen LogP contribution in [0.25, 0.3) is 0 Å². The van der Waals surface area contributed by atoms with Gasteiger partial charge in [-0.1, -0.05) is 42.5 Å². The van der Waals surface area contributed by atoms with Crippen LogP contribution in [0.2, 0.25) is 0 Å². The second-order valence-electron chi connectivity index (χ2n) is 8.20. The van der Waals surface area contributed by atoms with Gasteiger partial charge in [-0.25, -0.2) is 18.8 Å². The van der Waals surface area contributed by atoms with E-state index in [0.717, 1.165) is 31.3 Å². The molecular formula is C29H22FN3O6. The summed E-state index contributed by atoms with van der Waals surface area (Å²) < 4.78 is 28.8. The van der Waals surface area contributed by atoms with Crippen LogP contribution in [-0.4, -0.2) is 32.1 Å². The summed E-state index contributed by atoms with van der Waals surface area (Å²) in [5.74, 6) is -4.44. The van der Waals surface area contributed by atoms with Gasteiger partial charge in [0.1, 0.15) is 23.1 Å². The number of hydrogen-bond acceptors (Lipinski definition) is 9. The second kappa shape index (κ2) is 11.3. The highest BCUT2D eigenvalue weighted by Gasteiger charge is 2.43. The Morgan fingerprint density at radius 2 is 1.49 bits per heavy atom. The lowest BCUT2D eigenvalue weighted by atomic mass is 9.80. The number of benzene rings is 3. The van der Waals surface area contributed by atoms with E-state index in [2.05, 4.69) is 0 Å². The van der Waals surface area contributed by atoms with Gasteiger partial charge >= 0.3 is 17.9 Å². The van der Waals surface area contributed by atoms with Gasteiger partial charge in [-0.15, -0.1) is 0 Å². The molecule has 1 atom stereocenters. The lowest BCUT2D eigenvalue weighted by molar-refractivity contribution is -0.139. The number of nitrogens with two attached hydrogens (primary N) is 1. The first kappa shape index (κ1) is 26.6. The predicted octanol–water partition coefficient (Wildman–Crippen LogP) is 3.94. The standard InChI is InChI=1S/C29H22FN3O6/c1-37-28(35)24-23(17-8-4-3-5-9-17)21(16-31)26(32)33(25(24)29(36)38-2)22-11-7-6-10-20(22)27(34)39-19-14-12-18(30)13-15-19/h3-15,23H,32H2,1-2H3. The number of halogens is 1. The van der Waals surface area contributed by atoms with Gasteiger partial charge in [0.2, 0.25) is 0 Å². The summed E-state index contributed by atoms with van der Waals surface area (Å²) in [5.41, 5.74) is 6.38. The quantitative estimate of drug-likeness (QED) is 0.374. The number of esters is 3. The number of nitriles is 1. The Kier molecular flexibility index (Phi) is 7.72. The third-order valence-electron chi connectivity index (χ3n) is 6.00. The average molecular weight is 528 g/mol. The van der Waals surface area contributed by atoms with E-state index in [0.29, 0.717) is 5.56 Å². The maximum atomic E-state index is 13.3. The fourth-order valence-electron chi connectivity index (χ4n) is 4.27. The van der Waals surface area contributed by atoms with E-state index < -0.39 is 29.6 Å². The Morgan fingerprint density at radius 3 is 2.10 bits per heavy atom. The van der Waals surface area contributed by atoms with E-state index in [9.17, 15) is 24.0 Å². The van der Waals surface area contributed by atoms with Crippen LogP contribution in [0, 0.1) is 17.1 Å². The molecule has 3 aromatic carbocycles. The van der Waals surface area contributed by atoms with Crippen molar-refractivity contribution in [2.24, 2.45) is 5.73 Å². The molecule has 9 nitrogen and oxygen atoms in total. The Labute approximate surface area is 223 Å². The van der Waals surface area contributed by atoms with Crippen LogP contribution >= 0.6 is 0 Å². The first-order valence-electron chi connectivity index (χ1n) is 11.5. The lowest BCUT2D eigenvalue weighted by Crippen LogP contribution is -2.41. The molecule has 0 fully saturated rings. The first-order chi connectivity index (χ1) is 18.8. The summed E-state index contributed by atoms with van der Waals surface area (Å²) in [4.78, 5) is 40.8. The van der Waals surface area contributed by atoms with E-state index in [4.69, 9.17) is 19.9 Å². The van der Waals surface area contributed by atoms with Crippen molar-refractivity contribution in [1.82, 2.24) is 0 Å². The summed E-state index contributed by atoms with van der Waals surface area (Å²) in [7, 11) is 2.26. The van der Waals surface area contributed by atoms with Crippen molar-refractivity contribution in [2.75, 3.05) is 19.1 Å². The van der Waals surface area contributed by atoms with Crippen molar-refractivity contribution < 1.29 is 33.0 Å². The maximum absolute atomic E-state index is 13.3. The average Bonchev–Trinajstić information content (AvgIpc) is 2.97. The molecule has 1 heterocycles. The van der Waals surface area contributed by atoms with Gasteiger partial charge < -0.3 is 19.9 Å². The first-order valence-corrected chi connectivity index (χ1v) is 11.5. The molecule has 0 radical (unpaired) electrons. The van der Waals surface area contributed by atoms with E-state index >= 15 is 0 Å². The molecule has 0 saturated heterocycles. The number of anilines is 1. The number of para-hydroxylation sites is 1. The number of nitrogens with zero attached hydrogens (tertiary/aromatic N) is 2. The molecule has 0 saturated carbocycles. The van der Waals surface area contributed by atoms with Crippen LogP contribution in [0.4, 0.5) is 10.1 Å². The summed E-state index contributed by atoms with van der Waals surface area (Å²) >= 11 is 0. The van der Waals surface area contributed by atoms with Crippen molar-refractivity contribution in [3.8, 4) is 11.8 Å². The number of allylic oxidation sites excluding steroid dienone is 1. The molecule has 39 heavy (non-hydrogen) atoms. The van der Waals surface area contributed by atoms with Gasteiger partial charge in [0.15, 0.2) is 0 Å². The Hall–Kier alpha value is -5.43. The highest BCUT2D eigenvalue weighted by molar-refractivity contribution is 6.08. The molecule has 2 N–H and O–H groups in total. The molecule has 0 aromatic heterocycles. The summed E-state index contributed by atoms with van der Waals surface area (Å²) in [6.45, 7) is 0. The van der Waals surface area contributed by atoms with Gasteiger partial charge in [0, 0.05) is 0 Å². The van der Waals surface area contributed by atoms with Crippen LogP contribution < -0.4 is 15.4 Å². The third kappa shape index (κ3) is 5.06. The van der Waals surface area contributed by atoms with Crippen molar-refractivity contribution in [3.63, 3.8) is 0 Å². The minimum absolute atomic E-state index is 0.0307. The fraction of sp³-hybridized carbons (Fsp3) is 0.103. The van der Waals surface area contributed by atoms with Crippen LogP contribution in [0.3, 0.4) is 0 Å². The van der Waals surface area contributed by atoms with Crippen LogP contribution in [0.15, 0.2) is 102 Å². The second-order valence-corrected chi connectivity index (χ2v) is 8.20. The highest BCUT2D eigenvalue weighted by atomic mass is 19.1. The number of carbonyl (C=O) groups is 3. The van der Waals surface area contributed by atoms with E-state index in [1.54, 1.807) is 42.5 Å². The fourth-order valence-corrected chi connectivity index (χ4v) is 4.27. The van der Waals surface area contributed by atoms with Gasteiger partial charge in [-0.05, 0) is 42.0 Å². The van der Waals surface area contributed by atoms with E-state index in [1.165, 1.54) is 24.3 Å².